The van der Waals surface area contributed by atoms with Crippen LogP contribution in [0.4, 0.5) is 45.7 Å². The molecule has 2 unspecified atom stereocenters. The van der Waals surface area contributed by atoms with Crippen LogP contribution in [0.5, 0.6) is 0 Å². The molecule has 2 aromatic carbocycles. The highest BCUT2D eigenvalue weighted by molar-refractivity contribution is 5.98. The number of hydrogen-bond donors (Lipinski definition) is 7. The normalized spacial score (nSPS) is 18.2. The van der Waals surface area contributed by atoms with Crippen LogP contribution in [0, 0.1) is 51.0 Å². The van der Waals surface area contributed by atoms with Gasteiger partial charge in [-0.05, 0) is 75.1 Å². The molecule has 0 spiro atoms. The van der Waals surface area contributed by atoms with E-state index in [0.717, 1.165) is 86.2 Å². The first-order valence-electron chi connectivity index (χ1n) is 24.9. The van der Waals surface area contributed by atoms with Gasteiger partial charge in [-0.1, -0.05) is 37.8 Å². The van der Waals surface area contributed by atoms with Crippen molar-refractivity contribution < 1.29 is 78.4 Å². The highest BCUT2D eigenvalue weighted by atomic mass is 19.4. The fourth-order valence-corrected chi connectivity index (χ4v) is 9.11. The van der Waals surface area contributed by atoms with Crippen molar-refractivity contribution >= 4 is 41.5 Å². The second-order valence-corrected chi connectivity index (χ2v) is 20.4. The number of aliphatic hydroxyl groups excluding tert-OH is 1. The summed E-state index contributed by atoms with van der Waals surface area (Å²) >= 11 is 0. The zero-order chi connectivity index (χ0) is 58.8. The number of anilines is 1. The number of hydrogen-bond acceptors (Lipinski definition) is 15. The Hall–Kier alpha value is -6.95. The van der Waals surface area contributed by atoms with E-state index < -0.39 is 114 Å². The number of nitrogens with two attached hydrogens (primary N) is 1. The number of carbonyl (C=O) groups excluding carboxylic acids is 4. The zero-order valence-electron chi connectivity index (χ0n) is 44.5. The third-order valence-corrected chi connectivity index (χ3v) is 14.2. The van der Waals surface area contributed by atoms with Crippen molar-refractivity contribution in [3.05, 3.63) is 94.2 Å². The first-order chi connectivity index (χ1) is 36.9. The van der Waals surface area contributed by atoms with Gasteiger partial charge in [0.25, 0.3) is 0 Å². The summed E-state index contributed by atoms with van der Waals surface area (Å²) in [5.41, 5.74) is 0.869. The van der Waals surface area contributed by atoms with Crippen LogP contribution in [-0.4, -0.2) is 146 Å². The number of ether oxygens (including phenoxy) is 4. The third-order valence-electron chi connectivity index (χ3n) is 14.2. The standard InChI is InChI=1S/C44H51F5N8O6.C9H14F3NO3/c1-25(50)63-40(51)29-16-34(45)33(35(46)17-29)19-52-20-37(58)36(54-41(59)39(55-42(60)61-4)43(2,3)44(47,48)49)15-27-8-5-26(6-9-27)7-10-28-11-14-38(53-18-28)56-21-30-12-13-31(22-56)57(30)32-23-62-24-32;1-8(2,9(10,11)12)5(7(13)15)4-6(14)16-3/h5-6,8-9,11,14,16-18,30-32,36-37,39,50-52,58H,12-13,15,19-24H2,1-4H3,(H,54,59)(H,55,60);5H,4H2,1-3H3,(H2,13,15)/t30?,31?,36-,37-,39+;5-/m01/s1. The van der Waals surface area contributed by atoms with Crippen molar-refractivity contribution in [2.24, 2.45) is 22.5 Å². The van der Waals surface area contributed by atoms with Gasteiger partial charge in [0.05, 0.1) is 68.8 Å². The molecule has 0 saturated carbocycles. The van der Waals surface area contributed by atoms with E-state index in [1.807, 2.05) is 17.4 Å². The fraction of sp³-hybridized carbons (Fsp3) is 0.528. The van der Waals surface area contributed by atoms with E-state index in [1.54, 1.807) is 30.5 Å². The molecule has 3 aliphatic rings. The van der Waals surface area contributed by atoms with Crippen molar-refractivity contribution in [3.8, 4) is 11.8 Å². The minimum absolute atomic E-state index is 0.124. The van der Waals surface area contributed by atoms with Crippen LogP contribution in [0.3, 0.4) is 0 Å². The molecule has 1 aromatic heterocycles. The number of aliphatic hydroxyl groups is 1. The summed E-state index contributed by atoms with van der Waals surface area (Å²) in [6.07, 6.45) is -9.16. The molecular formula is C53H65F8N9O9. The zero-order valence-corrected chi connectivity index (χ0v) is 44.5. The van der Waals surface area contributed by atoms with Crippen LogP contribution in [0.2, 0.25) is 0 Å². The monoisotopic (exact) mass is 1120 g/mol. The van der Waals surface area contributed by atoms with Gasteiger partial charge in [-0.15, -0.1) is 0 Å². The summed E-state index contributed by atoms with van der Waals surface area (Å²) in [6, 6.07) is 10.3. The summed E-state index contributed by atoms with van der Waals surface area (Å²) in [6.45, 7) is 6.92. The van der Waals surface area contributed by atoms with E-state index in [2.05, 4.69) is 41.7 Å². The average molecular weight is 1120 g/mol. The van der Waals surface area contributed by atoms with E-state index >= 15 is 0 Å². The molecule has 6 rings (SSSR count). The van der Waals surface area contributed by atoms with Gasteiger partial charge in [0.15, 0.2) is 5.90 Å². The molecule has 3 saturated heterocycles. The SMILES string of the molecule is COC(=O)C[C@H](C(N)=O)C(C)(C)C(F)(F)F.COC(=O)N[C@H](C(=O)N[C@@H](Cc1ccc(C#Cc2ccc(N3CC4CCC(C3)N4C3COC3)nc2)cc1)[C@@H](O)CNCc1c(F)cc(C(=N)OC(C)=N)cc1F)C(C)(C)C(F)(F)F. The highest BCUT2D eigenvalue weighted by Gasteiger charge is 2.57. The number of alkyl carbamates (subject to hydrolysis) is 1. The molecule has 3 fully saturated rings. The van der Waals surface area contributed by atoms with Crippen LogP contribution in [-0.2, 0) is 46.3 Å². The van der Waals surface area contributed by atoms with Crippen LogP contribution < -0.4 is 26.6 Å². The number of aromatic nitrogens is 1. The number of piperazine rings is 1. The van der Waals surface area contributed by atoms with E-state index in [-0.39, 0.29) is 17.9 Å². The Balaban J connectivity index is 0.000000621. The number of fused-ring (bicyclic) bond motifs is 2. The number of alkyl halides is 6. The Morgan fingerprint density at radius 1 is 0.848 bits per heavy atom. The molecule has 3 aromatic rings. The van der Waals surface area contributed by atoms with E-state index in [9.17, 15) is 59.4 Å². The van der Waals surface area contributed by atoms with E-state index in [4.69, 9.17) is 31.0 Å². The third kappa shape index (κ3) is 16.1. The number of nitrogens with one attached hydrogen (secondary N) is 5. The fourth-order valence-electron chi connectivity index (χ4n) is 9.11. The maximum Gasteiger partial charge on any atom is 0.407 e. The largest absolute Gasteiger partial charge is 0.469 e. The molecule has 0 radical (unpaired) electrons. The summed E-state index contributed by atoms with van der Waals surface area (Å²) < 4.78 is 129. The number of benzene rings is 2. The second kappa shape index (κ2) is 26.3. The van der Waals surface area contributed by atoms with Gasteiger partial charge in [-0.3, -0.25) is 30.1 Å². The number of methoxy groups -OCH3 is 2. The van der Waals surface area contributed by atoms with Gasteiger partial charge in [0.1, 0.15) is 23.5 Å². The predicted molar refractivity (Wildman–Crippen MR) is 271 cm³/mol. The molecular weight excluding hydrogens is 1060 g/mol. The van der Waals surface area contributed by atoms with Gasteiger partial charge in [0.2, 0.25) is 17.7 Å². The lowest BCUT2D eigenvalue weighted by atomic mass is 9.76. The topological polar surface area (TPSA) is 255 Å². The first-order valence-corrected chi connectivity index (χ1v) is 24.9. The summed E-state index contributed by atoms with van der Waals surface area (Å²) in [7, 11) is 1.96. The lowest BCUT2D eigenvalue weighted by Gasteiger charge is -2.47. The lowest BCUT2D eigenvalue weighted by molar-refractivity contribution is -0.229. The number of pyridine rings is 1. The highest BCUT2D eigenvalue weighted by Crippen LogP contribution is 2.45. The van der Waals surface area contributed by atoms with Crippen LogP contribution in [0.1, 0.15) is 81.7 Å². The quantitative estimate of drug-likeness (QED) is 0.0259. The number of amides is 3. The summed E-state index contributed by atoms with van der Waals surface area (Å²) in [5.74, 6) is -0.988. The van der Waals surface area contributed by atoms with Gasteiger partial charge < -0.3 is 50.6 Å². The molecule has 4 heterocycles. The maximum atomic E-state index is 15.0. The second-order valence-electron chi connectivity index (χ2n) is 20.4. The molecule has 18 nitrogen and oxygen atoms in total. The number of rotatable bonds is 18. The summed E-state index contributed by atoms with van der Waals surface area (Å²) in [5, 5.41) is 33.6. The lowest BCUT2D eigenvalue weighted by Crippen LogP contribution is -2.62. The molecule has 3 amide bonds. The van der Waals surface area contributed by atoms with Crippen LogP contribution in [0.15, 0.2) is 54.7 Å². The molecule has 26 heteroatoms. The Bertz CT molecular complexity index is 2690. The molecule has 0 aliphatic carbocycles. The molecule has 432 valence electrons. The smallest absolute Gasteiger partial charge is 0.407 e. The molecule has 2 bridgehead atoms. The number of nitrogens with zero attached hydrogens (tertiary/aromatic N) is 3. The Kier molecular flexibility index (Phi) is 21.0. The molecule has 79 heavy (non-hydrogen) atoms. The minimum Gasteiger partial charge on any atom is -0.469 e. The first kappa shape index (κ1) is 62.9. The van der Waals surface area contributed by atoms with Crippen LogP contribution >= 0.6 is 0 Å². The minimum atomic E-state index is -4.96. The Morgan fingerprint density at radius 2 is 1.42 bits per heavy atom. The Labute approximate surface area is 451 Å². The van der Waals surface area contributed by atoms with Crippen LogP contribution in [0.25, 0.3) is 0 Å². The average Bonchev–Trinajstić information content (AvgIpc) is 3.78. The molecule has 8 N–H and O–H groups in total. The molecule has 3 aliphatic heterocycles. The van der Waals surface area contributed by atoms with E-state index in [0.29, 0.717) is 34.8 Å². The maximum absolute atomic E-state index is 15.0. The predicted octanol–water partition coefficient (Wildman–Crippen LogP) is 5.88. The summed E-state index contributed by atoms with van der Waals surface area (Å²) in [4.78, 5) is 57.2. The van der Waals surface area contributed by atoms with Crippen molar-refractivity contribution in [1.82, 2.24) is 25.8 Å². The van der Waals surface area contributed by atoms with Gasteiger partial charge in [-0.25, -0.2) is 18.6 Å². The van der Waals surface area contributed by atoms with Crippen molar-refractivity contribution in [3.63, 3.8) is 0 Å². The number of primary amides is 1. The number of carbonyl (C=O) groups is 4. The van der Waals surface area contributed by atoms with Crippen molar-refractivity contribution in [2.45, 2.75) is 116 Å². The molecule has 6 atom stereocenters. The Morgan fingerprint density at radius 3 is 1.90 bits per heavy atom. The van der Waals surface area contributed by atoms with Gasteiger partial charge >= 0.3 is 24.4 Å². The van der Waals surface area contributed by atoms with Gasteiger partial charge in [-0.2, -0.15) is 26.3 Å². The number of esters is 1. The van der Waals surface area contributed by atoms with E-state index in [1.165, 1.54) is 19.8 Å². The van der Waals surface area contributed by atoms with Crippen molar-refractivity contribution in [2.75, 3.05) is 52.0 Å². The van der Waals surface area contributed by atoms with Crippen molar-refractivity contribution in [1.29, 1.82) is 10.8 Å². The number of halogens is 8. The van der Waals surface area contributed by atoms with Gasteiger partial charge in [0, 0.05) is 73.6 Å².